The summed E-state index contributed by atoms with van der Waals surface area (Å²) in [4.78, 5) is 185. The van der Waals surface area contributed by atoms with Crippen LogP contribution in [-0.4, -0.2) is 203 Å². The van der Waals surface area contributed by atoms with E-state index in [9.17, 15) is 81.0 Å². The fourth-order valence-corrected chi connectivity index (χ4v) is 17.1. The zero-order valence-corrected chi connectivity index (χ0v) is 59.3. The van der Waals surface area contributed by atoms with Crippen LogP contribution in [0.25, 0.3) is 0 Å². The molecule has 0 spiro atoms. The Labute approximate surface area is 538 Å². The number of aliphatic hydroxyl groups is 5. The van der Waals surface area contributed by atoms with Crippen molar-refractivity contribution < 1.29 is 234 Å². The van der Waals surface area contributed by atoms with Crippen molar-refractivity contribution in [3.8, 4) is 0 Å². The second-order valence-corrected chi connectivity index (χ2v) is 38.2. The molecule has 6 unspecified atom stereocenters. The van der Waals surface area contributed by atoms with Crippen LogP contribution in [0.3, 0.4) is 0 Å². The van der Waals surface area contributed by atoms with E-state index >= 15 is 0 Å². The molecular formula is C33H72N6Na2O36P10. The molecular weight excluding hydrogens is 1410 g/mol. The summed E-state index contributed by atoms with van der Waals surface area (Å²) in [6.07, 6.45) is 8.29. The Hall–Kier alpha value is 0.690. The zero-order chi connectivity index (χ0) is 66.2. The van der Waals surface area contributed by atoms with Crippen molar-refractivity contribution in [3.05, 3.63) is 78.9 Å². The van der Waals surface area contributed by atoms with Gasteiger partial charge in [-0.15, -0.1) is 0 Å². The first-order chi connectivity index (χ1) is 36.8. The molecule has 0 amide bonds. The summed E-state index contributed by atoms with van der Waals surface area (Å²) in [7, 11) is -51.4. The third-order valence-corrected chi connectivity index (χ3v) is 30.4. The summed E-state index contributed by atoms with van der Waals surface area (Å²) in [5.74, 6) is 0. The summed E-state index contributed by atoms with van der Waals surface area (Å²) < 4.78 is 111. The Morgan fingerprint density at radius 2 is 0.851 bits per heavy atom. The van der Waals surface area contributed by atoms with Crippen LogP contribution in [-0.2, 0) is 65.0 Å². The Bertz CT molecular complexity index is 2780. The summed E-state index contributed by atoms with van der Waals surface area (Å²) in [6.45, 7) is 2.47. The summed E-state index contributed by atoms with van der Waals surface area (Å²) in [5.41, 5.74) is 5.20. The van der Waals surface area contributed by atoms with Gasteiger partial charge in [0.15, 0.2) is 15.2 Å². The van der Waals surface area contributed by atoms with Crippen LogP contribution in [0.4, 0.5) is 0 Å². The number of imidazole rings is 1. The van der Waals surface area contributed by atoms with Gasteiger partial charge in [-0.25, -0.2) is 4.98 Å². The van der Waals surface area contributed by atoms with Gasteiger partial charge in [0.25, 0.3) is 10.2 Å². The van der Waals surface area contributed by atoms with E-state index in [0.29, 0.717) is 13.2 Å². The minimum absolute atomic E-state index is 0. The van der Waals surface area contributed by atoms with Gasteiger partial charge < -0.3 is 154 Å². The fourth-order valence-electron chi connectivity index (χ4n) is 5.75. The minimum Gasteiger partial charge on any atom is -0.776 e. The zero-order valence-electron chi connectivity index (χ0n) is 46.4. The van der Waals surface area contributed by atoms with E-state index in [4.69, 9.17) is 88.9 Å². The fraction of sp³-hybridized carbons (Fsp3) is 0.606. The predicted molar refractivity (Wildman–Crippen MR) is 290 cm³/mol. The van der Waals surface area contributed by atoms with Crippen LogP contribution in [0.1, 0.15) is 56.6 Å². The number of nitrogens with two attached hydrogens (primary N) is 1. The molecule has 28 N–H and O–H groups in total. The number of aromatic nitrogens is 4. The van der Waals surface area contributed by atoms with E-state index < -0.39 is 133 Å². The van der Waals surface area contributed by atoms with Crippen molar-refractivity contribution in [2.75, 3.05) is 33.3 Å². The molecule has 6 atom stereocenters. The van der Waals surface area contributed by atoms with Crippen molar-refractivity contribution >= 4 is 75.7 Å². The molecule has 0 saturated carbocycles. The molecule has 0 bridgehead atoms. The summed E-state index contributed by atoms with van der Waals surface area (Å²) >= 11 is 0. The van der Waals surface area contributed by atoms with Gasteiger partial charge in [-0.05, 0) is 62.7 Å². The minimum atomic E-state index is -5.66. The summed E-state index contributed by atoms with van der Waals surface area (Å²) in [6, 6.07) is 5.40. The third-order valence-electron chi connectivity index (χ3n) is 10.8. The van der Waals surface area contributed by atoms with Crippen molar-refractivity contribution in [1.29, 1.82) is 0 Å². The van der Waals surface area contributed by atoms with Gasteiger partial charge in [-0.3, -0.25) is 46.5 Å². The van der Waals surface area contributed by atoms with E-state index in [0.717, 1.165) is 42.6 Å². The monoisotopic (exact) mass is 1480 g/mol. The largest absolute Gasteiger partial charge is 1.00 e. The number of nitrogens with zero attached hydrogens (tertiary/aromatic N) is 5. The number of hydrogen-bond acceptors (Lipinski definition) is 22. The second-order valence-electron chi connectivity index (χ2n) is 17.6. The Kier molecular flexibility index (Phi) is 43.6. The molecule has 502 valence electrons. The van der Waals surface area contributed by atoms with Gasteiger partial charge >= 0.3 is 112 Å². The molecule has 87 heavy (non-hydrogen) atoms. The third kappa shape index (κ3) is 29.7. The van der Waals surface area contributed by atoms with Gasteiger partial charge in [0.2, 0.25) is 22.6 Å². The van der Waals surface area contributed by atoms with Crippen LogP contribution in [0, 0.1) is 0 Å². The molecule has 3 rings (SSSR count). The Balaban J connectivity index is -0.000000234. The van der Waals surface area contributed by atoms with Gasteiger partial charge in [0, 0.05) is 69.7 Å². The van der Waals surface area contributed by atoms with Crippen molar-refractivity contribution in [2.45, 2.75) is 90.3 Å². The van der Waals surface area contributed by atoms with E-state index in [1.165, 1.54) is 49.1 Å². The molecule has 42 nitrogen and oxygen atoms in total. The maximum atomic E-state index is 11.2. The van der Waals surface area contributed by atoms with Crippen LogP contribution in [0.2, 0.25) is 0 Å². The maximum absolute atomic E-state index is 11.2. The van der Waals surface area contributed by atoms with Crippen LogP contribution in [0.5, 0.6) is 0 Å². The van der Waals surface area contributed by atoms with Gasteiger partial charge in [-0.1, -0.05) is 31.9 Å². The molecule has 0 aliphatic heterocycles. The van der Waals surface area contributed by atoms with Gasteiger partial charge in [0.1, 0.15) is 0 Å². The number of rotatable bonds is 26. The van der Waals surface area contributed by atoms with Gasteiger partial charge in [0.05, 0.1) is 12.9 Å². The van der Waals surface area contributed by atoms with E-state index in [-0.39, 0.29) is 101 Å². The van der Waals surface area contributed by atoms with E-state index in [2.05, 4.69) is 15.0 Å². The molecule has 0 fully saturated rings. The van der Waals surface area contributed by atoms with E-state index in [1.54, 1.807) is 11.9 Å². The van der Waals surface area contributed by atoms with Crippen molar-refractivity contribution in [1.82, 2.24) is 24.4 Å². The van der Waals surface area contributed by atoms with E-state index in [1.807, 2.05) is 6.92 Å². The number of pyridine rings is 2. The topological polar surface area (TPSA) is 798 Å². The molecule has 0 aliphatic rings. The summed E-state index contributed by atoms with van der Waals surface area (Å²) in [5, 5.41) is 31.0. The quantitative estimate of drug-likeness (QED) is 0.0202. The first-order valence-electron chi connectivity index (χ1n) is 22.3. The average molecular weight is 1480 g/mol. The first-order valence-corrected chi connectivity index (χ1v) is 38.8. The number of hydrogen-bond donors (Lipinski definition) is 23. The SMILES string of the molecule is CCCCCN(C)CCC(O)(P(=O)(O)O)P(=O)(O)O.CP(=O)(O)C(O)(CCCN)P(=O)(O)O.O.O.O=P(O)(O)C(O)(Cn1ccnc1)P(=O)(O)O.O=P([O-])(O)C(O)(Cc1cccnc1)P(=O)(O)O.O=P([O-])(O)C(O)(Cc1cccnc1)P(=O)(O)O.[Na+].[Na+]. The molecule has 0 aromatic carbocycles. The normalized spacial score (nSPS) is 16.7. The molecule has 3 aromatic rings. The van der Waals surface area contributed by atoms with Crippen LogP contribution >= 0.6 is 75.7 Å². The average Bonchev–Trinajstić information content (AvgIpc) is 3.81. The van der Waals surface area contributed by atoms with Crippen LogP contribution in [0.15, 0.2) is 67.8 Å². The molecule has 3 aromatic heterocycles. The number of unbranched alkanes of at least 4 members (excludes halogenated alkanes) is 2. The molecule has 0 aliphatic carbocycles. The Morgan fingerprint density at radius 3 is 1.09 bits per heavy atom. The van der Waals surface area contributed by atoms with Crippen LogP contribution < -0.4 is 74.6 Å². The predicted octanol–water partition coefficient (Wildman–Crippen LogP) is -10.8. The van der Waals surface area contributed by atoms with Gasteiger partial charge in [-0.2, -0.15) is 0 Å². The molecule has 3 heterocycles. The second kappa shape index (κ2) is 38.4. The Morgan fingerprint density at radius 1 is 0.506 bits per heavy atom. The molecule has 0 radical (unpaired) electrons. The smallest absolute Gasteiger partial charge is 0.776 e. The first kappa shape index (κ1) is 98.8. The molecule has 0 saturated heterocycles. The standard InChI is InChI=1S/C9H23NO7P2.2C7H11NO7P2.C5H10N2O7P2.C5H15NO6P2.2Na.2H2O/c1-3-4-5-7-10(2)8-6-9(11,18(12,13)14)19(15,16)17;2*9-7(16(10,11)12,17(13,14)15)4-6-2-1-3-8-5-6;8-5(15(9,10)11,16(12,13)14)3-7-2-1-6-4-7;1-13(8,9)5(7,3-2-4-6)14(10,11)12;;;;/h11H,3-8H2,1-2H3,(H2,12,13,14)(H2,15,16,17);2*1-3,5,9H,4H2,(H2,10,11,12)(H2,13,14,15);1-2,4,8H,3H2,(H2,9,10,11)(H2,12,13,14);7H,2-4,6H2,1H3,(H,8,9)(H2,10,11,12);;;2*1H2/q;;;;;2*+1;;/p-2. The van der Waals surface area contributed by atoms with Crippen molar-refractivity contribution in [2.24, 2.45) is 5.73 Å². The maximum Gasteiger partial charge on any atom is 1.00 e. The molecule has 54 heteroatoms. The van der Waals surface area contributed by atoms with Crippen molar-refractivity contribution in [3.63, 3.8) is 0 Å².